The van der Waals surface area contributed by atoms with Gasteiger partial charge in [-0.1, -0.05) is 6.07 Å². The standard InChI is InChI=1S/C24H36BFO5/c1-23(2)24(3,4)31-25(30-23)20-13-12-19(15-21(20)26)28-16-17-8-10-18(11-9-17)29-22-7-5-6-14-27-22/h12-13,15,17-18,22H,5-11,14,16H2,1-4H3/t17-,18-,22?. The molecule has 1 aromatic rings. The molecule has 0 spiro atoms. The van der Waals surface area contributed by atoms with Gasteiger partial charge in [-0.15, -0.1) is 0 Å². The first-order valence-electron chi connectivity index (χ1n) is 11.8. The van der Waals surface area contributed by atoms with E-state index in [1.807, 2.05) is 27.7 Å². The van der Waals surface area contributed by atoms with Crippen LogP contribution in [0.3, 0.4) is 0 Å². The van der Waals surface area contributed by atoms with Gasteiger partial charge in [0.25, 0.3) is 0 Å². The van der Waals surface area contributed by atoms with Crippen LogP contribution in [-0.4, -0.2) is 43.9 Å². The molecule has 3 aliphatic rings. The van der Waals surface area contributed by atoms with E-state index >= 15 is 0 Å². The van der Waals surface area contributed by atoms with Crippen molar-refractivity contribution in [2.24, 2.45) is 5.92 Å². The molecule has 1 atom stereocenters. The van der Waals surface area contributed by atoms with Crippen molar-refractivity contribution >= 4 is 12.6 Å². The van der Waals surface area contributed by atoms with Gasteiger partial charge >= 0.3 is 7.12 Å². The van der Waals surface area contributed by atoms with E-state index in [9.17, 15) is 4.39 Å². The Balaban J connectivity index is 1.24. The molecule has 1 aromatic carbocycles. The smallest absolute Gasteiger partial charge is 0.493 e. The minimum absolute atomic E-state index is 0.0167. The lowest BCUT2D eigenvalue weighted by molar-refractivity contribution is -0.194. The molecule has 5 nitrogen and oxygen atoms in total. The quantitative estimate of drug-likeness (QED) is 0.613. The molecule has 0 radical (unpaired) electrons. The van der Waals surface area contributed by atoms with Crippen molar-refractivity contribution in [1.29, 1.82) is 0 Å². The topological polar surface area (TPSA) is 46.2 Å². The maximum atomic E-state index is 14.8. The van der Waals surface area contributed by atoms with Crippen molar-refractivity contribution < 1.29 is 27.9 Å². The number of ether oxygens (including phenoxy) is 3. The summed E-state index contributed by atoms with van der Waals surface area (Å²) in [5.41, 5.74) is -0.579. The third-order valence-corrected chi connectivity index (χ3v) is 7.24. The van der Waals surface area contributed by atoms with Gasteiger partial charge in [-0.3, -0.25) is 0 Å². The monoisotopic (exact) mass is 434 g/mol. The molecule has 2 heterocycles. The summed E-state index contributed by atoms with van der Waals surface area (Å²) >= 11 is 0. The molecule has 7 heteroatoms. The van der Waals surface area contributed by atoms with Crippen molar-refractivity contribution in [3.05, 3.63) is 24.0 Å². The van der Waals surface area contributed by atoms with E-state index < -0.39 is 18.3 Å². The molecule has 0 aromatic heterocycles. The van der Waals surface area contributed by atoms with Crippen LogP contribution in [-0.2, 0) is 18.8 Å². The largest absolute Gasteiger partial charge is 0.497 e. The fraction of sp³-hybridized carbons (Fsp3) is 0.750. The number of halogens is 1. The zero-order valence-electron chi connectivity index (χ0n) is 19.3. The lowest BCUT2D eigenvalue weighted by Gasteiger charge is -2.32. The first-order chi connectivity index (χ1) is 14.7. The van der Waals surface area contributed by atoms with Crippen molar-refractivity contribution in [3.63, 3.8) is 0 Å². The van der Waals surface area contributed by atoms with Crippen LogP contribution in [0.1, 0.15) is 72.6 Å². The van der Waals surface area contributed by atoms with Crippen LogP contribution in [0.5, 0.6) is 5.75 Å². The average Bonchev–Trinajstić information content (AvgIpc) is 2.95. The van der Waals surface area contributed by atoms with Crippen molar-refractivity contribution in [3.8, 4) is 5.75 Å². The van der Waals surface area contributed by atoms with Gasteiger partial charge in [-0.05, 0) is 84.6 Å². The first kappa shape index (κ1) is 23.0. The van der Waals surface area contributed by atoms with Crippen LogP contribution in [0.4, 0.5) is 4.39 Å². The molecule has 0 amide bonds. The fourth-order valence-electron chi connectivity index (χ4n) is 4.44. The van der Waals surface area contributed by atoms with Crippen LogP contribution < -0.4 is 10.2 Å². The average molecular weight is 434 g/mol. The van der Waals surface area contributed by atoms with Gasteiger partial charge in [-0.2, -0.15) is 0 Å². The van der Waals surface area contributed by atoms with E-state index in [4.69, 9.17) is 23.5 Å². The summed E-state index contributed by atoms with van der Waals surface area (Å²) in [6.07, 6.45) is 7.80. The molecule has 0 N–H and O–H groups in total. The van der Waals surface area contributed by atoms with Crippen molar-refractivity contribution in [1.82, 2.24) is 0 Å². The first-order valence-corrected chi connectivity index (χ1v) is 11.8. The molecule has 1 aliphatic carbocycles. The predicted molar refractivity (Wildman–Crippen MR) is 118 cm³/mol. The van der Waals surface area contributed by atoms with Crippen molar-refractivity contribution in [2.45, 2.75) is 96.2 Å². The zero-order valence-corrected chi connectivity index (χ0v) is 19.3. The third-order valence-electron chi connectivity index (χ3n) is 7.24. The number of rotatable bonds is 6. The van der Waals surface area contributed by atoms with Crippen molar-refractivity contribution in [2.75, 3.05) is 13.2 Å². The Morgan fingerprint density at radius 1 is 1.00 bits per heavy atom. The number of hydrogen-bond donors (Lipinski definition) is 0. The van der Waals surface area contributed by atoms with Gasteiger partial charge in [0.05, 0.1) is 23.9 Å². The number of hydrogen-bond acceptors (Lipinski definition) is 5. The zero-order chi connectivity index (χ0) is 22.1. The normalized spacial score (nSPS) is 30.4. The van der Waals surface area contributed by atoms with E-state index in [2.05, 4.69) is 0 Å². The SMILES string of the molecule is CC1(C)OB(c2ccc(OC[C@H]3CC[C@H](OC4CCCCO4)CC3)cc2F)OC1(C)C. The third kappa shape index (κ3) is 5.44. The van der Waals surface area contributed by atoms with Gasteiger partial charge in [0, 0.05) is 18.1 Å². The van der Waals surface area contributed by atoms with Gasteiger partial charge in [0.2, 0.25) is 0 Å². The molecular weight excluding hydrogens is 398 g/mol. The van der Waals surface area contributed by atoms with E-state index in [-0.39, 0.29) is 18.2 Å². The molecule has 0 bridgehead atoms. The highest BCUT2D eigenvalue weighted by Crippen LogP contribution is 2.37. The van der Waals surface area contributed by atoms with Gasteiger partial charge in [0.15, 0.2) is 6.29 Å². The molecule has 2 saturated heterocycles. The maximum absolute atomic E-state index is 14.8. The summed E-state index contributed by atoms with van der Waals surface area (Å²) in [4.78, 5) is 0. The van der Waals surface area contributed by atoms with Gasteiger partial charge in [0.1, 0.15) is 11.6 Å². The molecule has 1 unspecified atom stereocenters. The van der Waals surface area contributed by atoms with Crippen LogP contribution in [0.25, 0.3) is 0 Å². The Hall–Kier alpha value is -1.15. The molecule has 172 valence electrons. The Morgan fingerprint density at radius 3 is 2.32 bits per heavy atom. The Kier molecular flexibility index (Phi) is 6.97. The second kappa shape index (κ2) is 9.38. The highest BCUT2D eigenvalue weighted by atomic mass is 19.1. The Bertz CT molecular complexity index is 725. The minimum atomic E-state index is -0.706. The van der Waals surface area contributed by atoms with E-state index in [1.54, 1.807) is 12.1 Å². The summed E-state index contributed by atoms with van der Waals surface area (Å²) in [6, 6.07) is 4.95. The van der Waals surface area contributed by atoms with Crippen LogP contribution in [0, 0.1) is 11.7 Å². The molecule has 31 heavy (non-hydrogen) atoms. The summed E-state index contributed by atoms with van der Waals surface area (Å²) in [5, 5.41) is 0. The summed E-state index contributed by atoms with van der Waals surface area (Å²) in [6.45, 7) is 9.27. The molecule has 3 fully saturated rings. The van der Waals surface area contributed by atoms with E-state index in [0.29, 0.717) is 23.7 Å². The highest BCUT2D eigenvalue weighted by molar-refractivity contribution is 6.62. The summed E-state index contributed by atoms with van der Waals surface area (Å²) in [7, 11) is -0.706. The second-order valence-electron chi connectivity index (χ2n) is 10.2. The lowest BCUT2D eigenvalue weighted by Crippen LogP contribution is -2.41. The Morgan fingerprint density at radius 2 is 1.71 bits per heavy atom. The van der Waals surface area contributed by atoms with Crippen LogP contribution in [0.2, 0.25) is 0 Å². The molecular formula is C24H36BFO5. The molecule has 4 rings (SSSR count). The maximum Gasteiger partial charge on any atom is 0.497 e. The highest BCUT2D eigenvalue weighted by Gasteiger charge is 2.52. The lowest BCUT2D eigenvalue weighted by atomic mass is 9.78. The van der Waals surface area contributed by atoms with Crippen LogP contribution >= 0.6 is 0 Å². The summed E-state index contributed by atoms with van der Waals surface area (Å²) < 4.78 is 44.4. The minimum Gasteiger partial charge on any atom is -0.493 e. The fourth-order valence-corrected chi connectivity index (χ4v) is 4.44. The van der Waals surface area contributed by atoms with Gasteiger partial charge < -0.3 is 23.5 Å². The van der Waals surface area contributed by atoms with Gasteiger partial charge in [-0.25, -0.2) is 4.39 Å². The summed E-state index contributed by atoms with van der Waals surface area (Å²) in [5.74, 6) is 0.658. The Labute approximate surface area is 186 Å². The molecule has 1 saturated carbocycles. The van der Waals surface area contributed by atoms with Crippen LogP contribution in [0.15, 0.2) is 18.2 Å². The second-order valence-corrected chi connectivity index (χ2v) is 10.2. The van der Waals surface area contributed by atoms with E-state index in [1.165, 1.54) is 12.5 Å². The number of benzene rings is 1. The van der Waals surface area contributed by atoms with E-state index in [0.717, 1.165) is 45.1 Å². The molecule has 2 aliphatic heterocycles. The predicted octanol–water partition coefficient (Wildman–Crippen LogP) is 4.61.